The molecule has 11 heteroatoms. The third-order valence-electron chi connectivity index (χ3n) is 4.86. The maximum Gasteiger partial charge on any atom is 0.282 e. The number of benzene rings is 1. The number of hydrogen-bond acceptors (Lipinski definition) is 9. The molecule has 1 amide bonds. The summed E-state index contributed by atoms with van der Waals surface area (Å²) in [7, 11) is 0. The largest absolute Gasteiger partial charge is 0.338 e. The number of hydrogen-bond donors (Lipinski definition) is 0. The van der Waals surface area contributed by atoms with E-state index in [9.17, 15) is 14.9 Å². The fourth-order valence-corrected chi connectivity index (χ4v) is 4.36. The van der Waals surface area contributed by atoms with Gasteiger partial charge in [-0.15, -0.1) is 23.1 Å². The van der Waals surface area contributed by atoms with Crippen molar-refractivity contribution in [2.75, 3.05) is 32.4 Å². The third-order valence-corrected chi connectivity index (χ3v) is 6.45. The fourth-order valence-electron chi connectivity index (χ4n) is 3.27. The zero-order valence-electron chi connectivity index (χ0n) is 16.2. The first-order valence-electron chi connectivity index (χ1n) is 9.25. The number of aromatic nitrogens is 2. The molecule has 0 saturated carbocycles. The number of carbonyl (C=O) groups is 1. The first kappa shape index (κ1) is 20.5. The molecule has 1 fully saturated rings. The van der Waals surface area contributed by atoms with Crippen molar-refractivity contribution in [3.05, 3.63) is 57.3 Å². The van der Waals surface area contributed by atoms with E-state index < -0.39 is 4.92 Å². The van der Waals surface area contributed by atoms with Gasteiger partial charge in [0.25, 0.3) is 11.6 Å². The zero-order chi connectivity index (χ0) is 21.1. The van der Waals surface area contributed by atoms with E-state index in [1.54, 1.807) is 28.4 Å². The Morgan fingerprint density at radius 3 is 2.77 bits per heavy atom. The summed E-state index contributed by atoms with van der Waals surface area (Å²) in [4.78, 5) is 33.8. The molecule has 0 radical (unpaired) electrons. The van der Waals surface area contributed by atoms with Crippen LogP contribution in [0, 0.1) is 10.1 Å². The summed E-state index contributed by atoms with van der Waals surface area (Å²) in [5.74, 6) is 0.798. The lowest BCUT2D eigenvalue weighted by molar-refractivity contribution is -0.385. The molecule has 3 heterocycles. The van der Waals surface area contributed by atoms with Gasteiger partial charge in [-0.3, -0.25) is 19.8 Å². The number of nitrogens with zero attached hydrogens (tertiary/aromatic N) is 5. The quantitative estimate of drug-likeness (QED) is 0.323. The average molecular weight is 446 g/mol. The molecule has 1 saturated heterocycles. The van der Waals surface area contributed by atoms with E-state index in [0.29, 0.717) is 44.4 Å². The molecule has 156 valence electrons. The van der Waals surface area contributed by atoms with Gasteiger partial charge in [-0.2, -0.15) is 4.98 Å². The Balaban J connectivity index is 1.39. The molecule has 0 unspecified atom stereocenters. The van der Waals surface area contributed by atoms with Gasteiger partial charge in [-0.1, -0.05) is 11.2 Å². The van der Waals surface area contributed by atoms with Crippen LogP contribution in [-0.4, -0.2) is 63.2 Å². The SMILES string of the molecule is CSc1ccc([N+](=O)[O-])c(C(=O)N2CCN(Cc3nc(-c4cccs4)no3)CC2)c1. The van der Waals surface area contributed by atoms with Gasteiger partial charge >= 0.3 is 0 Å². The fraction of sp³-hybridized carbons (Fsp3) is 0.316. The number of nitro groups is 1. The van der Waals surface area contributed by atoms with E-state index >= 15 is 0 Å². The third kappa shape index (κ3) is 4.37. The molecule has 1 aliphatic heterocycles. The minimum Gasteiger partial charge on any atom is -0.338 e. The van der Waals surface area contributed by atoms with Crippen LogP contribution in [0.4, 0.5) is 5.69 Å². The number of thiophene rings is 1. The van der Waals surface area contributed by atoms with E-state index in [2.05, 4.69) is 15.0 Å². The Morgan fingerprint density at radius 1 is 1.30 bits per heavy atom. The topological polar surface area (TPSA) is 106 Å². The zero-order valence-corrected chi connectivity index (χ0v) is 17.8. The van der Waals surface area contributed by atoms with Crippen molar-refractivity contribution in [1.82, 2.24) is 19.9 Å². The Kier molecular flexibility index (Phi) is 6.11. The summed E-state index contributed by atoms with van der Waals surface area (Å²) in [5, 5.41) is 17.3. The lowest BCUT2D eigenvalue weighted by Gasteiger charge is -2.33. The van der Waals surface area contributed by atoms with Gasteiger partial charge in [-0.05, 0) is 29.8 Å². The number of carbonyl (C=O) groups excluding carboxylic acids is 1. The smallest absolute Gasteiger partial charge is 0.282 e. The van der Waals surface area contributed by atoms with Crippen molar-refractivity contribution in [3.8, 4) is 10.7 Å². The molecular weight excluding hydrogens is 426 g/mol. The standard InChI is InChI=1S/C19H19N5O4S2/c1-29-13-4-5-15(24(26)27)14(11-13)19(25)23-8-6-22(7-9-23)12-17-20-18(21-28-17)16-3-2-10-30-16/h2-5,10-11H,6-9,12H2,1H3. The van der Waals surface area contributed by atoms with Crippen LogP contribution in [0.2, 0.25) is 0 Å². The molecule has 30 heavy (non-hydrogen) atoms. The van der Waals surface area contributed by atoms with Crippen LogP contribution in [0.25, 0.3) is 10.7 Å². The molecule has 0 aliphatic carbocycles. The number of amides is 1. The van der Waals surface area contributed by atoms with Gasteiger partial charge in [0.15, 0.2) is 0 Å². The van der Waals surface area contributed by atoms with Crippen LogP contribution in [0.15, 0.2) is 45.1 Å². The van der Waals surface area contributed by atoms with Crippen LogP contribution in [0.1, 0.15) is 16.2 Å². The highest BCUT2D eigenvalue weighted by Gasteiger charge is 2.28. The number of nitro benzene ring substituents is 1. The minimum atomic E-state index is -0.506. The van der Waals surface area contributed by atoms with Crippen LogP contribution in [0.5, 0.6) is 0 Å². The Bertz CT molecular complexity index is 1050. The van der Waals surface area contributed by atoms with Gasteiger partial charge in [0.05, 0.1) is 16.3 Å². The highest BCUT2D eigenvalue weighted by atomic mass is 32.2. The van der Waals surface area contributed by atoms with Crippen molar-refractivity contribution >= 4 is 34.7 Å². The summed E-state index contributed by atoms with van der Waals surface area (Å²) in [6.07, 6.45) is 1.87. The lowest BCUT2D eigenvalue weighted by Crippen LogP contribution is -2.48. The summed E-state index contributed by atoms with van der Waals surface area (Å²) in [6, 6.07) is 8.53. The lowest BCUT2D eigenvalue weighted by atomic mass is 10.1. The predicted molar refractivity (Wildman–Crippen MR) is 114 cm³/mol. The van der Waals surface area contributed by atoms with Gasteiger partial charge in [-0.25, -0.2) is 0 Å². The maximum atomic E-state index is 12.9. The predicted octanol–water partition coefficient (Wildman–Crippen LogP) is 3.39. The molecule has 0 bridgehead atoms. The van der Waals surface area contributed by atoms with Crippen LogP contribution < -0.4 is 0 Å². The highest BCUT2D eigenvalue weighted by molar-refractivity contribution is 7.98. The molecule has 0 atom stereocenters. The second-order valence-corrected chi connectivity index (χ2v) is 8.52. The molecule has 4 rings (SSSR count). The van der Waals surface area contributed by atoms with Gasteiger partial charge in [0.1, 0.15) is 5.56 Å². The molecule has 9 nitrogen and oxygen atoms in total. The van der Waals surface area contributed by atoms with Crippen LogP contribution in [-0.2, 0) is 6.54 Å². The second-order valence-electron chi connectivity index (χ2n) is 6.70. The Labute approximate surface area is 180 Å². The van der Waals surface area contributed by atoms with Crippen molar-refractivity contribution in [3.63, 3.8) is 0 Å². The van der Waals surface area contributed by atoms with Crippen LogP contribution >= 0.6 is 23.1 Å². The van der Waals surface area contributed by atoms with Crippen molar-refractivity contribution in [2.24, 2.45) is 0 Å². The summed E-state index contributed by atoms with van der Waals surface area (Å²) < 4.78 is 5.35. The van der Waals surface area contributed by atoms with Crippen LogP contribution in [0.3, 0.4) is 0 Å². The summed E-state index contributed by atoms with van der Waals surface area (Å²) in [6.45, 7) is 2.70. The van der Waals surface area contributed by atoms with Crippen molar-refractivity contribution < 1.29 is 14.2 Å². The molecule has 0 spiro atoms. The van der Waals surface area contributed by atoms with Crippen molar-refractivity contribution in [1.29, 1.82) is 0 Å². The van der Waals surface area contributed by atoms with E-state index in [0.717, 1.165) is 9.77 Å². The number of thioether (sulfide) groups is 1. The first-order chi connectivity index (χ1) is 14.5. The highest BCUT2D eigenvalue weighted by Crippen LogP contribution is 2.27. The molecular formula is C19H19N5O4S2. The van der Waals surface area contributed by atoms with E-state index in [4.69, 9.17) is 4.52 Å². The molecule has 0 N–H and O–H groups in total. The minimum absolute atomic E-state index is 0.137. The van der Waals surface area contributed by atoms with Gasteiger partial charge in [0.2, 0.25) is 11.7 Å². The molecule has 3 aromatic rings. The Hall–Kier alpha value is -2.76. The second kappa shape index (κ2) is 8.94. The van der Waals surface area contributed by atoms with E-state index in [1.807, 2.05) is 23.8 Å². The molecule has 1 aromatic carbocycles. The van der Waals surface area contributed by atoms with Crippen molar-refractivity contribution in [2.45, 2.75) is 11.4 Å². The monoisotopic (exact) mass is 445 g/mol. The normalized spacial score (nSPS) is 14.8. The van der Waals surface area contributed by atoms with Gasteiger partial charge in [0, 0.05) is 37.1 Å². The maximum absolute atomic E-state index is 12.9. The Morgan fingerprint density at radius 2 is 2.10 bits per heavy atom. The average Bonchev–Trinajstić information content (AvgIpc) is 3.45. The molecule has 1 aliphatic rings. The van der Waals surface area contributed by atoms with E-state index in [-0.39, 0.29) is 17.2 Å². The number of rotatable bonds is 6. The van der Waals surface area contributed by atoms with Gasteiger partial charge < -0.3 is 9.42 Å². The summed E-state index contributed by atoms with van der Waals surface area (Å²) in [5.41, 5.74) is -0.0232. The van der Waals surface area contributed by atoms with E-state index in [1.165, 1.54) is 17.8 Å². The summed E-state index contributed by atoms with van der Waals surface area (Å²) >= 11 is 3.00. The first-order valence-corrected chi connectivity index (χ1v) is 11.4. The molecule has 2 aromatic heterocycles. The number of piperazine rings is 1.